The second-order valence-corrected chi connectivity index (χ2v) is 5.23. The summed E-state index contributed by atoms with van der Waals surface area (Å²) in [6.07, 6.45) is 2.65. The Kier molecular flexibility index (Phi) is 4.87. The van der Waals surface area contributed by atoms with Crippen molar-refractivity contribution in [2.45, 2.75) is 46.5 Å². The van der Waals surface area contributed by atoms with Gasteiger partial charge in [0, 0.05) is 0 Å². The fourth-order valence-electron chi connectivity index (χ4n) is 2.10. The van der Waals surface area contributed by atoms with E-state index >= 15 is 0 Å². The molecule has 0 spiro atoms. The molecule has 0 N–H and O–H groups in total. The zero-order chi connectivity index (χ0) is 11.3. The van der Waals surface area contributed by atoms with Gasteiger partial charge in [0.25, 0.3) is 0 Å². The monoisotopic (exact) mass is 204 g/mol. The van der Waals surface area contributed by atoms with Crippen LogP contribution in [0.1, 0.15) is 52.0 Å². The third-order valence-electron chi connectivity index (χ3n) is 3.09. The molecular formula is C15H24. The van der Waals surface area contributed by atoms with Crippen molar-refractivity contribution in [3.63, 3.8) is 0 Å². The molecule has 0 aliphatic carbocycles. The predicted octanol–water partition coefficient (Wildman–Crippen LogP) is 4.86. The fourth-order valence-corrected chi connectivity index (χ4v) is 2.10. The molecule has 1 unspecified atom stereocenters. The molecule has 84 valence electrons. The van der Waals surface area contributed by atoms with Crippen LogP contribution in [0.15, 0.2) is 30.3 Å². The van der Waals surface area contributed by atoms with Gasteiger partial charge in [0.1, 0.15) is 0 Å². The van der Waals surface area contributed by atoms with E-state index in [0.29, 0.717) is 0 Å². The second kappa shape index (κ2) is 5.95. The van der Waals surface area contributed by atoms with Gasteiger partial charge < -0.3 is 0 Å². The molecule has 0 aliphatic heterocycles. The van der Waals surface area contributed by atoms with E-state index in [1.807, 2.05) is 0 Å². The second-order valence-electron chi connectivity index (χ2n) is 5.23. The Balaban J connectivity index is 2.66. The minimum Gasteiger partial charge on any atom is -0.0628 e. The fraction of sp³-hybridized carbons (Fsp3) is 0.600. The Morgan fingerprint density at radius 3 is 1.93 bits per heavy atom. The molecule has 0 saturated heterocycles. The summed E-state index contributed by atoms with van der Waals surface area (Å²) in [5.74, 6) is 2.29. The van der Waals surface area contributed by atoms with Crippen LogP contribution in [-0.2, 0) is 0 Å². The van der Waals surface area contributed by atoms with Gasteiger partial charge in [-0.3, -0.25) is 0 Å². The van der Waals surface area contributed by atoms with Crippen molar-refractivity contribution in [3.05, 3.63) is 35.9 Å². The smallest absolute Gasteiger partial charge is 0.0139 e. The van der Waals surface area contributed by atoms with Gasteiger partial charge in [-0.15, -0.1) is 0 Å². The highest BCUT2D eigenvalue weighted by molar-refractivity contribution is 5.19. The van der Waals surface area contributed by atoms with Crippen LogP contribution in [0.25, 0.3) is 0 Å². The molecule has 0 amide bonds. The van der Waals surface area contributed by atoms with Crippen molar-refractivity contribution in [1.29, 1.82) is 0 Å². The SMILES string of the molecule is CC(C)CCC(c1ccccc1)C(C)C. The average Bonchev–Trinajstić information content (AvgIpc) is 2.18. The van der Waals surface area contributed by atoms with Crippen molar-refractivity contribution in [3.8, 4) is 0 Å². The van der Waals surface area contributed by atoms with Gasteiger partial charge >= 0.3 is 0 Å². The summed E-state index contributed by atoms with van der Waals surface area (Å²) in [4.78, 5) is 0. The lowest BCUT2D eigenvalue weighted by atomic mass is 9.83. The van der Waals surface area contributed by atoms with Crippen molar-refractivity contribution in [2.75, 3.05) is 0 Å². The van der Waals surface area contributed by atoms with Gasteiger partial charge in [-0.2, -0.15) is 0 Å². The van der Waals surface area contributed by atoms with E-state index in [1.165, 1.54) is 18.4 Å². The Labute approximate surface area is 94.7 Å². The Morgan fingerprint density at radius 1 is 0.867 bits per heavy atom. The number of benzene rings is 1. The van der Waals surface area contributed by atoms with Gasteiger partial charge in [0.15, 0.2) is 0 Å². The molecular weight excluding hydrogens is 180 g/mol. The van der Waals surface area contributed by atoms with Crippen molar-refractivity contribution >= 4 is 0 Å². The summed E-state index contributed by atoms with van der Waals surface area (Å²) in [6, 6.07) is 10.9. The molecule has 0 saturated carbocycles. The minimum absolute atomic E-state index is 0.730. The number of rotatable bonds is 5. The average molecular weight is 204 g/mol. The molecule has 0 heterocycles. The summed E-state index contributed by atoms with van der Waals surface area (Å²) in [5.41, 5.74) is 1.51. The molecule has 0 nitrogen and oxygen atoms in total. The van der Waals surface area contributed by atoms with E-state index in [1.54, 1.807) is 0 Å². The van der Waals surface area contributed by atoms with Crippen LogP contribution in [0, 0.1) is 11.8 Å². The first kappa shape index (κ1) is 12.3. The highest BCUT2D eigenvalue weighted by Gasteiger charge is 2.15. The van der Waals surface area contributed by atoms with Crippen LogP contribution >= 0.6 is 0 Å². The van der Waals surface area contributed by atoms with Crippen molar-refractivity contribution < 1.29 is 0 Å². The Bertz CT molecular complexity index is 259. The maximum Gasteiger partial charge on any atom is -0.0139 e. The van der Waals surface area contributed by atoms with Gasteiger partial charge in [0.2, 0.25) is 0 Å². The maximum atomic E-state index is 2.33. The van der Waals surface area contributed by atoms with E-state index < -0.39 is 0 Å². The lowest BCUT2D eigenvalue weighted by Gasteiger charge is -2.22. The quantitative estimate of drug-likeness (QED) is 0.642. The summed E-state index contributed by atoms with van der Waals surface area (Å²) in [7, 11) is 0. The lowest BCUT2D eigenvalue weighted by molar-refractivity contribution is 0.420. The molecule has 0 fully saturated rings. The van der Waals surface area contributed by atoms with Crippen LogP contribution in [0.4, 0.5) is 0 Å². The molecule has 1 atom stereocenters. The highest BCUT2D eigenvalue weighted by Crippen LogP contribution is 2.30. The molecule has 0 aromatic heterocycles. The van der Waals surface area contributed by atoms with Gasteiger partial charge in [-0.25, -0.2) is 0 Å². The van der Waals surface area contributed by atoms with Gasteiger partial charge in [0.05, 0.1) is 0 Å². The number of hydrogen-bond donors (Lipinski definition) is 0. The summed E-state index contributed by atoms with van der Waals surface area (Å²) in [6.45, 7) is 9.28. The molecule has 1 aromatic carbocycles. The standard InChI is InChI=1S/C15H24/c1-12(2)10-11-15(13(3)4)14-8-6-5-7-9-14/h5-9,12-13,15H,10-11H2,1-4H3. The van der Waals surface area contributed by atoms with E-state index in [0.717, 1.165) is 17.8 Å². The molecule has 0 bridgehead atoms. The van der Waals surface area contributed by atoms with E-state index in [4.69, 9.17) is 0 Å². The molecule has 0 radical (unpaired) electrons. The van der Waals surface area contributed by atoms with Crippen molar-refractivity contribution in [2.24, 2.45) is 11.8 Å². The first-order valence-electron chi connectivity index (χ1n) is 6.16. The Morgan fingerprint density at radius 2 is 1.47 bits per heavy atom. The summed E-state index contributed by atoms with van der Waals surface area (Å²) < 4.78 is 0. The summed E-state index contributed by atoms with van der Waals surface area (Å²) >= 11 is 0. The van der Waals surface area contributed by atoms with Crippen molar-refractivity contribution in [1.82, 2.24) is 0 Å². The topological polar surface area (TPSA) is 0 Å². The molecule has 1 aromatic rings. The van der Waals surface area contributed by atoms with E-state index in [2.05, 4.69) is 58.0 Å². The minimum atomic E-state index is 0.730. The highest BCUT2D eigenvalue weighted by atomic mass is 14.2. The normalized spacial score (nSPS) is 13.5. The first-order valence-corrected chi connectivity index (χ1v) is 6.16. The van der Waals surface area contributed by atoms with Crippen LogP contribution in [-0.4, -0.2) is 0 Å². The molecule has 0 aliphatic rings. The number of hydrogen-bond acceptors (Lipinski definition) is 0. The third kappa shape index (κ3) is 4.07. The molecule has 15 heavy (non-hydrogen) atoms. The summed E-state index contributed by atoms with van der Waals surface area (Å²) in [5, 5.41) is 0. The lowest BCUT2D eigenvalue weighted by Crippen LogP contribution is -2.08. The molecule has 1 rings (SSSR count). The maximum absolute atomic E-state index is 2.33. The van der Waals surface area contributed by atoms with Gasteiger partial charge in [-0.1, -0.05) is 64.4 Å². The van der Waals surface area contributed by atoms with Crippen LogP contribution in [0.5, 0.6) is 0 Å². The zero-order valence-electron chi connectivity index (χ0n) is 10.5. The van der Waals surface area contributed by atoms with Crippen LogP contribution in [0.3, 0.4) is 0 Å². The Hall–Kier alpha value is -0.780. The zero-order valence-corrected chi connectivity index (χ0v) is 10.5. The predicted molar refractivity (Wildman–Crippen MR) is 68.1 cm³/mol. The van der Waals surface area contributed by atoms with E-state index in [9.17, 15) is 0 Å². The third-order valence-corrected chi connectivity index (χ3v) is 3.09. The van der Waals surface area contributed by atoms with Crippen LogP contribution in [0.2, 0.25) is 0 Å². The van der Waals surface area contributed by atoms with Gasteiger partial charge in [-0.05, 0) is 29.7 Å². The first-order chi connectivity index (χ1) is 7.11. The molecule has 0 heteroatoms. The van der Waals surface area contributed by atoms with Crippen LogP contribution < -0.4 is 0 Å². The largest absolute Gasteiger partial charge is 0.0628 e. The van der Waals surface area contributed by atoms with E-state index in [-0.39, 0.29) is 0 Å².